The van der Waals surface area contributed by atoms with Gasteiger partial charge < -0.3 is 10.2 Å². The van der Waals surface area contributed by atoms with Crippen LogP contribution in [0.2, 0.25) is 5.02 Å². The highest BCUT2D eigenvalue weighted by molar-refractivity contribution is 7.00. The van der Waals surface area contributed by atoms with Crippen LogP contribution in [0.4, 0.5) is 5.69 Å². The highest BCUT2D eigenvalue weighted by atomic mass is 35.5. The number of carbonyl (C=O) groups excluding carboxylic acids is 2. The van der Waals surface area contributed by atoms with Gasteiger partial charge in [0.1, 0.15) is 11.0 Å². The molecule has 0 bridgehead atoms. The van der Waals surface area contributed by atoms with Gasteiger partial charge in [-0.3, -0.25) is 9.59 Å². The van der Waals surface area contributed by atoms with Gasteiger partial charge in [-0.2, -0.15) is 8.75 Å². The minimum atomic E-state index is -0.214. The molecule has 1 aromatic heterocycles. The lowest BCUT2D eigenvalue weighted by Gasteiger charge is -2.15. The van der Waals surface area contributed by atoms with E-state index >= 15 is 0 Å². The Bertz CT molecular complexity index is 733. The van der Waals surface area contributed by atoms with E-state index in [-0.39, 0.29) is 17.7 Å². The molecule has 8 heteroatoms. The Morgan fingerprint density at radius 1 is 1.45 bits per heavy atom. The molecule has 1 N–H and O–H groups in total. The number of benzene rings is 1. The molecule has 22 heavy (non-hydrogen) atoms. The van der Waals surface area contributed by atoms with Gasteiger partial charge in [-0.15, -0.1) is 0 Å². The summed E-state index contributed by atoms with van der Waals surface area (Å²) in [5, 5.41) is 3.29. The first-order valence-electron chi connectivity index (χ1n) is 7.09. The maximum atomic E-state index is 12.4. The van der Waals surface area contributed by atoms with E-state index in [1.54, 1.807) is 17.0 Å². The summed E-state index contributed by atoms with van der Waals surface area (Å²) < 4.78 is 8.32. The van der Waals surface area contributed by atoms with E-state index in [1.165, 1.54) is 0 Å². The van der Waals surface area contributed by atoms with Crippen molar-refractivity contribution in [3.05, 3.63) is 17.2 Å². The summed E-state index contributed by atoms with van der Waals surface area (Å²) >= 11 is 7.25. The molecular formula is C14H15ClN4O2S. The predicted octanol–water partition coefficient (Wildman–Crippen LogP) is 2.54. The molecule has 0 aliphatic carbocycles. The van der Waals surface area contributed by atoms with Crippen molar-refractivity contribution in [2.75, 3.05) is 18.4 Å². The van der Waals surface area contributed by atoms with E-state index in [2.05, 4.69) is 14.1 Å². The number of carbonyl (C=O) groups is 2. The Kier molecular flexibility index (Phi) is 4.26. The van der Waals surface area contributed by atoms with Crippen LogP contribution in [0.1, 0.15) is 19.8 Å². The number of rotatable bonds is 3. The first-order valence-corrected chi connectivity index (χ1v) is 8.20. The maximum absolute atomic E-state index is 12.4. The molecule has 1 fully saturated rings. The zero-order valence-electron chi connectivity index (χ0n) is 12.0. The summed E-state index contributed by atoms with van der Waals surface area (Å²) in [4.78, 5) is 25.9. The second-order valence-electron chi connectivity index (χ2n) is 5.22. The molecule has 1 aromatic carbocycles. The second kappa shape index (κ2) is 6.18. The van der Waals surface area contributed by atoms with Crippen LogP contribution < -0.4 is 5.32 Å². The fraction of sp³-hybridized carbons (Fsp3) is 0.429. The van der Waals surface area contributed by atoms with Gasteiger partial charge in [-0.25, -0.2) is 0 Å². The van der Waals surface area contributed by atoms with E-state index in [1.807, 2.05) is 6.92 Å². The monoisotopic (exact) mass is 338 g/mol. The molecule has 1 aliphatic rings. The van der Waals surface area contributed by atoms with Crippen LogP contribution in [0.25, 0.3) is 11.0 Å². The molecular weight excluding hydrogens is 324 g/mol. The quantitative estimate of drug-likeness (QED) is 0.933. The molecule has 0 saturated carbocycles. The molecule has 0 spiro atoms. The highest BCUT2D eigenvalue weighted by Gasteiger charge is 2.31. The molecule has 2 aromatic rings. The lowest BCUT2D eigenvalue weighted by molar-refractivity contribution is -0.130. The van der Waals surface area contributed by atoms with E-state index in [0.29, 0.717) is 47.7 Å². The Hall–Kier alpha value is -1.73. The summed E-state index contributed by atoms with van der Waals surface area (Å²) in [5.41, 5.74) is 1.81. The Morgan fingerprint density at radius 3 is 3.05 bits per heavy atom. The maximum Gasteiger partial charge on any atom is 0.229 e. The van der Waals surface area contributed by atoms with Gasteiger partial charge >= 0.3 is 0 Å². The predicted molar refractivity (Wildman–Crippen MR) is 86.0 cm³/mol. The molecule has 1 atom stereocenters. The van der Waals surface area contributed by atoms with E-state index in [9.17, 15) is 9.59 Å². The van der Waals surface area contributed by atoms with Crippen molar-refractivity contribution in [3.63, 3.8) is 0 Å². The molecule has 2 heterocycles. The number of halogens is 1. The van der Waals surface area contributed by atoms with E-state index in [4.69, 9.17) is 11.6 Å². The summed E-state index contributed by atoms with van der Waals surface area (Å²) in [6, 6.07) is 3.47. The number of aromatic nitrogens is 2. The van der Waals surface area contributed by atoms with Gasteiger partial charge in [0.05, 0.1) is 28.4 Å². The van der Waals surface area contributed by atoms with Gasteiger partial charge in [0.15, 0.2) is 0 Å². The Balaban J connectivity index is 1.75. The number of amides is 2. The number of nitrogens with one attached hydrogen (secondary N) is 1. The third kappa shape index (κ3) is 2.78. The van der Waals surface area contributed by atoms with Crippen molar-refractivity contribution in [1.82, 2.24) is 13.6 Å². The standard InChI is InChI=1S/C14H15ClN4O2S/c1-2-11(20)19-6-5-8(7-19)14(21)16-12-9(15)3-4-10-13(12)18-22-17-10/h3-4,8H,2,5-7H2,1H3,(H,16,21)/t8-/m0/s1. The summed E-state index contributed by atoms with van der Waals surface area (Å²) in [6.45, 7) is 2.91. The number of fused-ring (bicyclic) bond motifs is 1. The fourth-order valence-corrected chi connectivity index (χ4v) is 3.34. The number of hydrogen-bond acceptors (Lipinski definition) is 5. The first kappa shape index (κ1) is 15.2. The van der Waals surface area contributed by atoms with Crippen molar-refractivity contribution in [3.8, 4) is 0 Å². The van der Waals surface area contributed by atoms with E-state index in [0.717, 1.165) is 11.7 Å². The van der Waals surface area contributed by atoms with Crippen molar-refractivity contribution in [1.29, 1.82) is 0 Å². The fourth-order valence-electron chi connectivity index (χ4n) is 2.60. The molecule has 2 amide bonds. The summed E-state index contributed by atoms with van der Waals surface area (Å²) in [6.07, 6.45) is 1.13. The van der Waals surface area contributed by atoms with Crippen LogP contribution in [0.5, 0.6) is 0 Å². The average Bonchev–Trinajstić information content (AvgIpc) is 3.17. The topological polar surface area (TPSA) is 75.2 Å². The molecule has 116 valence electrons. The smallest absolute Gasteiger partial charge is 0.229 e. The SMILES string of the molecule is CCC(=O)N1CC[C@H](C(=O)Nc2c(Cl)ccc3nsnc23)C1. The number of nitrogens with zero attached hydrogens (tertiary/aromatic N) is 3. The van der Waals surface area contributed by atoms with Gasteiger partial charge in [-0.05, 0) is 18.6 Å². The third-order valence-electron chi connectivity index (χ3n) is 3.84. The van der Waals surface area contributed by atoms with Crippen LogP contribution in [0, 0.1) is 5.92 Å². The van der Waals surface area contributed by atoms with Crippen LogP contribution in [-0.4, -0.2) is 38.6 Å². The van der Waals surface area contributed by atoms with Crippen molar-refractivity contribution in [2.24, 2.45) is 5.92 Å². The first-order chi connectivity index (χ1) is 10.6. The second-order valence-corrected chi connectivity index (χ2v) is 6.16. The zero-order chi connectivity index (χ0) is 15.7. The lowest BCUT2D eigenvalue weighted by atomic mass is 10.1. The van der Waals surface area contributed by atoms with Crippen LogP contribution in [-0.2, 0) is 9.59 Å². The number of likely N-dealkylation sites (tertiary alicyclic amines) is 1. The summed E-state index contributed by atoms with van der Waals surface area (Å²) in [7, 11) is 0. The average molecular weight is 339 g/mol. The molecule has 1 saturated heterocycles. The minimum absolute atomic E-state index is 0.0825. The van der Waals surface area contributed by atoms with Crippen LogP contribution >= 0.6 is 23.3 Å². The van der Waals surface area contributed by atoms with Crippen LogP contribution in [0.15, 0.2) is 12.1 Å². The molecule has 1 aliphatic heterocycles. The lowest BCUT2D eigenvalue weighted by Crippen LogP contribution is -2.31. The zero-order valence-corrected chi connectivity index (χ0v) is 13.6. The highest BCUT2D eigenvalue weighted by Crippen LogP contribution is 2.31. The van der Waals surface area contributed by atoms with Crippen molar-refractivity contribution in [2.45, 2.75) is 19.8 Å². The van der Waals surface area contributed by atoms with E-state index < -0.39 is 0 Å². The number of anilines is 1. The third-order valence-corrected chi connectivity index (χ3v) is 4.70. The number of hydrogen-bond donors (Lipinski definition) is 1. The van der Waals surface area contributed by atoms with Crippen molar-refractivity contribution < 1.29 is 9.59 Å². The Labute approximate surface area is 136 Å². The van der Waals surface area contributed by atoms with Crippen LogP contribution in [0.3, 0.4) is 0 Å². The normalized spacial score (nSPS) is 17.9. The molecule has 3 rings (SSSR count). The van der Waals surface area contributed by atoms with Gasteiger partial charge in [0, 0.05) is 19.5 Å². The molecule has 0 radical (unpaired) electrons. The molecule has 6 nitrogen and oxygen atoms in total. The minimum Gasteiger partial charge on any atom is -0.342 e. The van der Waals surface area contributed by atoms with Gasteiger partial charge in [-0.1, -0.05) is 18.5 Å². The Morgan fingerprint density at radius 2 is 2.27 bits per heavy atom. The molecule has 0 unspecified atom stereocenters. The van der Waals surface area contributed by atoms with Gasteiger partial charge in [0.25, 0.3) is 0 Å². The van der Waals surface area contributed by atoms with Gasteiger partial charge in [0.2, 0.25) is 11.8 Å². The summed E-state index contributed by atoms with van der Waals surface area (Å²) in [5.74, 6) is -0.263. The largest absolute Gasteiger partial charge is 0.342 e. The van der Waals surface area contributed by atoms with Crippen molar-refractivity contribution >= 4 is 51.9 Å².